The molecule has 0 spiro atoms. The molecule has 1 fully saturated rings. The van der Waals surface area contributed by atoms with Crippen molar-refractivity contribution in [3.63, 3.8) is 0 Å². The number of nitro benzene ring substituents is 1. The predicted molar refractivity (Wildman–Crippen MR) is 77.1 cm³/mol. The summed E-state index contributed by atoms with van der Waals surface area (Å²) in [7, 11) is 0. The van der Waals surface area contributed by atoms with Gasteiger partial charge in [-0.3, -0.25) is 14.9 Å². The lowest BCUT2D eigenvalue weighted by Crippen LogP contribution is -2.34. The molecule has 0 unspecified atom stereocenters. The maximum Gasteiger partial charge on any atom is 0.288 e. The van der Waals surface area contributed by atoms with Crippen LogP contribution in [0, 0.1) is 10.1 Å². The monoisotopic (exact) mass is 296 g/mol. The normalized spacial score (nSPS) is 16.4. The van der Waals surface area contributed by atoms with Crippen molar-refractivity contribution in [2.45, 2.75) is 32.1 Å². The number of likely N-dealkylation sites (tertiary alicyclic amines) is 1. The second kappa shape index (κ2) is 6.70. The lowest BCUT2D eigenvalue weighted by molar-refractivity contribution is -0.384. The van der Waals surface area contributed by atoms with E-state index in [-0.39, 0.29) is 22.2 Å². The minimum atomic E-state index is -0.563. The third-order valence-electron chi connectivity index (χ3n) is 3.55. The van der Waals surface area contributed by atoms with E-state index in [4.69, 9.17) is 11.6 Å². The number of benzene rings is 1. The highest BCUT2D eigenvalue weighted by Crippen LogP contribution is 2.29. The highest BCUT2D eigenvalue weighted by molar-refractivity contribution is 6.35. The molecule has 2 rings (SSSR count). The molecular weight excluding hydrogens is 280 g/mol. The summed E-state index contributed by atoms with van der Waals surface area (Å²) < 4.78 is 0. The lowest BCUT2D eigenvalue weighted by atomic mass is 10.1. The Morgan fingerprint density at radius 2 is 1.75 bits per heavy atom. The summed E-state index contributed by atoms with van der Waals surface area (Å²) in [6, 6.07) is 4.37. The van der Waals surface area contributed by atoms with Gasteiger partial charge in [0.15, 0.2) is 0 Å². The van der Waals surface area contributed by atoms with E-state index in [1.54, 1.807) is 11.0 Å². The van der Waals surface area contributed by atoms with Crippen LogP contribution in [0.2, 0.25) is 5.02 Å². The van der Waals surface area contributed by atoms with E-state index < -0.39 is 4.92 Å². The molecule has 1 heterocycles. The van der Waals surface area contributed by atoms with Crippen molar-refractivity contribution < 1.29 is 9.72 Å². The van der Waals surface area contributed by atoms with Gasteiger partial charge in [-0.05, 0) is 18.9 Å². The van der Waals surface area contributed by atoms with E-state index in [2.05, 4.69) is 0 Å². The van der Waals surface area contributed by atoms with E-state index in [0.29, 0.717) is 13.1 Å². The van der Waals surface area contributed by atoms with E-state index in [1.165, 1.54) is 18.6 Å². The third-order valence-corrected chi connectivity index (χ3v) is 3.95. The Morgan fingerprint density at radius 1 is 1.15 bits per heavy atom. The van der Waals surface area contributed by atoms with Crippen molar-refractivity contribution in [1.29, 1.82) is 0 Å². The molecule has 0 saturated carbocycles. The average Bonchev–Trinajstić information content (AvgIpc) is 2.37. The summed E-state index contributed by atoms with van der Waals surface area (Å²) in [4.78, 5) is 24.5. The van der Waals surface area contributed by atoms with Gasteiger partial charge in [-0.15, -0.1) is 0 Å². The summed E-state index contributed by atoms with van der Waals surface area (Å²) in [6.07, 6.45) is 5.38. The Kier molecular flexibility index (Phi) is 4.95. The van der Waals surface area contributed by atoms with Gasteiger partial charge in [-0.25, -0.2) is 0 Å². The minimum absolute atomic E-state index is 0.0652. The number of nitro groups is 1. The van der Waals surface area contributed by atoms with Crippen LogP contribution >= 0.6 is 11.6 Å². The largest absolute Gasteiger partial charge is 0.339 e. The molecule has 108 valence electrons. The van der Waals surface area contributed by atoms with Crippen LogP contribution in [0.5, 0.6) is 0 Å². The van der Waals surface area contributed by atoms with Gasteiger partial charge in [0.25, 0.3) is 11.6 Å². The molecular formula is C14H17ClN2O3. The fraction of sp³-hybridized carbons (Fsp3) is 0.500. The molecule has 1 aliphatic rings. The van der Waals surface area contributed by atoms with Crippen LogP contribution < -0.4 is 0 Å². The molecule has 1 amide bonds. The van der Waals surface area contributed by atoms with Crippen molar-refractivity contribution in [2.75, 3.05) is 13.1 Å². The van der Waals surface area contributed by atoms with Gasteiger partial charge in [0, 0.05) is 19.2 Å². The summed E-state index contributed by atoms with van der Waals surface area (Å²) in [5.74, 6) is -0.208. The average molecular weight is 297 g/mol. The zero-order valence-corrected chi connectivity index (χ0v) is 11.9. The number of hydrogen-bond acceptors (Lipinski definition) is 3. The van der Waals surface area contributed by atoms with Crippen molar-refractivity contribution in [3.05, 3.63) is 38.9 Å². The standard InChI is InChI=1S/C14H17ClN2O3/c15-13-11(7-6-8-12(13)17(19)20)14(18)16-9-4-2-1-3-5-10-16/h6-8H,1-5,9-10H2. The third kappa shape index (κ3) is 3.28. The van der Waals surface area contributed by atoms with E-state index in [1.807, 2.05) is 0 Å². The van der Waals surface area contributed by atoms with Crippen LogP contribution in [0.15, 0.2) is 18.2 Å². The Morgan fingerprint density at radius 3 is 2.35 bits per heavy atom. The molecule has 1 saturated heterocycles. The highest BCUT2D eigenvalue weighted by Gasteiger charge is 2.23. The molecule has 1 aliphatic heterocycles. The summed E-state index contributed by atoms with van der Waals surface area (Å²) in [6.45, 7) is 1.38. The number of hydrogen-bond donors (Lipinski definition) is 0. The molecule has 1 aromatic rings. The molecule has 0 aliphatic carbocycles. The van der Waals surface area contributed by atoms with Gasteiger partial charge in [0.05, 0.1) is 10.5 Å². The fourth-order valence-electron chi connectivity index (χ4n) is 2.45. The van der Waals surface area contributed by atoms with Gasteiger partial charge >= 0.3 is 0 Å². The van der Waals surface area contributed by atoms with Gasteiger partial charge < -0.3 is 4.90 Å². The van der Waals surface area contributed by atoms with Gasteiger partial charge in [0.2, 0.25) is 0 Å². The SMILES string of the molecule is O=C(c1cccc([N+](=O)[O-])c1Cl)N1CCCCCCC1. The number of nitrogens with zero attached hydrogens (tertiary/aromatic N) is 2. The number of amides is 1. The predicted octanol–water partition coefficient (Wildman–Crippen LogP) is 3.65. The Bertz CT molecular complexity index is 511. The second-order valence-corrected chi connectivity index (χ2v) is 5.33. The zero-order valence-electron chi connectivity index (χ0n) is 11.2. The zero-order chi connectivity index (χ0) is 14.5. The fourth-order valence-corrected chi connectivity index (χ4v) is 2.72. The highest BCUT2D eigenvalue weighted by atomic mass is 35.5. The Labute approximate surface area is 122 Å². The van der Waals surface area contributed by atoms with Gasteiger partial charge in [0.1, 0.15) is 5.02 Å². The van der Waals surface area contributed by atoms with Crippen LogP contribution in [0.4, 0.5) is 5.69 Å². The summed E-state index contributed by atoms with van der Waals surface area (Å²) >= 11 is 6.00. The van der Waals surface area contributed by atoms with Crippen LogP contribution in [-0.4, -0.2) is 28.8 Å². The first-order valence-corrected chi connectivity index (χ1v) is 7.21. The minimum Gasteiger partial charge on any atom is -0.339 e. The number of rotatable bonds is 2. The second-order valence-electron chi connectivity index (χ2n) is 4.96. The first-order valence-electron chi connectivity index (χ1n) is 6.83. The van der Waals surface area contributed by atoms with Crippen LogP contribution in [0.25, 0.3) is 0 Å². The summed E-state index contributed by atoms with van der Waals surface area (Å²) in [5.41, 5.74) is 0.00556. The molecule has 0 atom stereocenters. The topological polar surface area (TPSA) is 63.4 Å². The molecule has 0 radical (unpaired) electrons. The van der Waals surface area contributed by atoms with Crippen molar-refractivity contribution >= 4 is 23.2 Å². The van der Waals surface area contributed by atoms with Crippen LogP contribution in [0.1, 0.15) is 42.5 Å². The van der Waals surface area contributed by atoms with Crippen molar-refractivity contribution in [2.24, 2.45) is 0 Å². The van der Waals surface area contributed by atoms with Gasteiger partial charge in [-0.2, -0.15) is 0 Å². The van der Waals surface area contributed by atoms with E-state index in [9.17, 15) is 14.9 Å². The van der Waals surface area contributed by atoms with Crippen molar-refractivity contribution in [3.8, 4) is 0 Å². The molecule has 0 N–H and O–H groups in total. The molecule has 1 aromatic carbocycles. The van der Waals surface area contributed by atoms with Crippen LogP contribution in [0.3, 0.4) is 0 Å². The number of carbonyl (C=O) groups is 1. The van der Waals surface area contributed by atoms with Crippen molar-refractivity contribution in [1.82, 2.24) is 4.90 Å². The summed E-state index contributed by atoms with van der Waals surface area (Å²) in [5, 5.41) is 10.8. The molecule has 5 nitrogen and oxygen atoms in total. The smallest absolute Gasteiger partial charge is 0.288 e. The number of carbonyl (C=O) groups excluding carboxylic acids is 1. The lowest BCUT2D eigenvalue weighted by Gasteiger charge is -2.25. The molecule has 0 bridgehead atoms. The maximum absolute atomic E-state index is 12.5. The first-order chi connectivity index (χ1) is 9.61. The quantitative estimate of drug-likeness (QED) is 0.618. The Hall–Kier alpha value is -1.62. The molecule has 20 heavy (non-hydrogen) atoms. The van der Waals surface area contributed by atoms with E-state index in [0.717, 1.165) is 25.7 Å². The van der Waals surface area contributed by atoms with E-state index >= 15 is 0 Å². The maximum atomic E-state index is 12.5. The number of halogens is 1. The Balaban J connectivity index is 2.23. The van der Waals surface area contributed by atoms with Gasteiger partial charge in [-0.1, -0.05) is 36.9 Å². The first kappa shape index (κ1) is 14.8. The van der Waals surface area contributed by atoms with Crippen LogP contribution in [-0.2, 0) is 0 Å². The molecule has 0 aromatic heterocycles. The molecule has 6 heteroatoms.